The van der Waals surface area contributed by atoms with Crippen LogP contribution in [0.15, 0.2) is 28.7 Å². The number of hydrogen-bond donors (Lipinski definition) is 1. The average Bonchev–Trinajstić information content (AvgIpc) is 3.06. The molecular formula is C15H13N3O8. The molecule has 1 heterocycles. The Morgan fingerprint density at radius 3 is 2.35 bits per heavy atom. The Bertz CT molecular complexity index is 902. The average molecular weight is 363 g/mol. The molecule has 0 radical (unpaired) electrons. The van der Waals surface area contributed by atoms with E-state index in [0.717, 1.165) is 17.7 Å². The summed E-state index contributed by atoms with van der Waals surface area (Å²) in [7, 11) is 0. The van der Waals surface area contributed by atoms with Crippen LogP contribution in [0.1, 0.15) is 21.7 Å². The molecule has 26 heavy (non-hydrogen) atoms. The Morgan fingerprint density at radius 2 is 1.77 bits per heavy atom. The highest BCUT2D eigenvalue weighted by molar-refractivity contribution is 5.96. The highest BCUT2D eigenvalue weighted by Crippen LogP contribution is 2.27. The zero-order valence-electron chi connectivity index (χ0n) is 13.7. The van der Waals surface area contributed by atoms with Crippen molar-refractivity contribution in [2.45, 2.75) is 13.8 Å². The van der Waals surface area contributed by atoms with E-state index in [1.807, 2.05) is 0 Å². The van der Waals surface area contributed by atoms with Gasteiger partial charge in [0.05, 0.1) is 11.0 Å². The van der Waals surface area contributed by atoms with Crippen LogP contribution in [0.4, 0.5) is 17.3 Å². The molecule has 0 spiro atoms. The third-order valence-corrected chi connectivity index (χ3v) is 3.39. The van der Waals surface area contributed by atoms with Crippen LogP contribution >= 0.6 is 0 Å². The number of esters is 1. The van der Waals surface area contributed by atoms with Crippen LogP contribution in [0.25, 0.3) is 0 Å². The van der Waals surface area contributed by atoms with Gasteiger partial charge in [0.25, 0.3) is 11.6 Å². The SMILES string of the molecule is Cc1cc(NC(=O)COC(=O)c2ccc([N+](=O)[O-])o2)c([N+](=O)[O-])cc1C. The molecule has 0 atom stereocenters. The maximum absolute atomic E-state index is 11.9. The lowest BCUT2D eigenvalue weighted by Crippen LogP contribution is -2.21. The molecule has 136 valence electrons. The summed E-state index contributed by atoms with van der Waals surface area (Å²) in [5, 5.41) is 23.9. The van der Waals surface area contributed by atoms with Gasteiger partial charge in [-0.1, -0.05) is 0 Å². The van der Waals surface area contributed by atoms with E-state index in [-0.39, 0.29) is 11.4 Å². The van der Waals surface area contributed by atoms with Gasteiger partial charge in [0.1, 0.15) is 10.6 Å². The number of rotatable bonds is 6. The molecule has 1 aromatic heterocycles. The van der Waals surface area contributed by atoms with Crippen molar-refractivity contribution in [1.82, 2.24) is 0 Å². The largest absolute Gasteiger partial charge is 0.450 e. The van der Waals surface area contributed by atoms with Gasteiger partial charge in [-0.2, -0.15) is 0 Å². The Labute approximate surface area is 145 Å². The van der Waals surface area contributed by atoms with Gasteiger partial charge in [0.2, 0.25) is 5.76 Å². The fraction of sp³-hybridized carbons (Fsp3) is 0.200. The molecule has 1 N–H and O–H groups in total. The van der Waals surface area contributed by atoms with Gasteiger partial charge in [-0.25, -0.2) is 4.79 Å². The minimum absolute atomic E-state index is 0.0345. The first-order chi connectivity index (χ1) is 12.2. The number of nitro benzene ring substituents is 1. The molecule has 0 aliphatic carbocycles. The van der Waals surface area contributed by atoms with Gasteiger partial charge in [-0.15, -0.1) is 0 Å². The lowest BCUT2D eigenvalue weighted by Gasteiger charge is -2.09. The van der Waals surface area contributed by atoms with Crippen LogP contribution in [0.2, 0.25) is 0 Å². The summed E-state index contributed by atoms with van der Waals surface area (Å²) in [6.45, 7) is 2.66. The molecule has 0 saturated heterocycles. The number of amides is 1. The van der Waals surface area contributed by atoms with Gasteiger partial charge in [-0.05, 0) is 37.1 Å². The maximum Gasteiger partial charge on any atom is 0.433 e. The Balaban J connectivity index is 2.02. The van der Waals surface area contributed by atoms with Crippen LogP contribution in [0.3, 0.4) is 0 Å². The molecule has 0 fully saturated rings. The Kier molecular flexibility index (Phi) is 5.30. The minimum atomic E-state index is -1.08. The van der Waals surface area contributed by atoms with Crippen LogP contribution in [-0.4, -0.2) is 28.3 Å². The van der Waals surface area contributed by atoms with Crippen LogP contribution in [0, 0.1) is 34.1 Å². The normalized spacial score (nSPS) is 10.2. The number of aryl methyl sites for hydroxylation is 2. The van der Waals surface area contributed by atoms with E-state index in [1.54, 1.807) is 13.8 Å². The van der Waals surface area contributed by atoms with Crippen molar-refractivity contribution in [3.63, 3.8) is 0 Å². The van der Waals surface area contributed by atoms with E-state index in [1.165, 1.54) is 12.1 Å². The van der Waals surface area contributed by atoms with Gasteiger partial charge in [0.15, 0.2) is 6.61 Å². The van der Waals surface area contributed by atoms with Gasteiger partial charge < -0.3 is 14.5 Å². The number of carbonyl (C=O) groups is 2. The zero-order chi connectivity index (χ0) is 19.4. The molecule has 2 aromatic rings. The smallest absolute Gasteiger partial charge is 0.433 e. The van der Waals surface area contributed by atoms with Crippen molar-refractivity contribution >= 4 is 29.1 Å². The van der Waals surface area contributed by atoms with Crippen molar-refractivity contribution in [2.24, 2.45) is 0 Å². The lowest BCUT2D eigenvalue weighted by molar-refractivity contribution is -0.402. The second-order valence-corrected chi connectivity index (χ2v) is 5.23. The summed E-state index contributed by atoms with van der Waals surface area (Å²) < 4.78 is 9.31. The third-order valence-electron chi connectivity index (χ3n) is 3.39. The number of hydrogen-bond acceptors (Lipinski definition) is 8. The predicted molar refractivity (Wildman–Crippen MR) is 86.8 cm³/mol. The summed E-state index contributed by atoms with van der Waals surface area (Å²) in [6, 6.07) is 4.75. The van der Waals surface area contributed by atoms with E-state index < -0.39 is 40.0 Å². The number of ether oxygens (including phenoxy) is 1. The molecule has 11 nitrogen and oxygen atoms in total. The molecule has 11 heteroatoms. The standard InChI is InChI=1S/C15H13N3O8/c1-8-5-10(11(17(21)22)6-9(8)2)16-13(19)7-25-15(20)12-3-4-14(26-12)18(23)24/h3-6H,7H2,1-2H3,(H,16,19). The van der Waals surface area contributed by atoms with Gasteiger partial charge in [-0.3, -0.25) is 25.0 Å². The topological polar surface area (TPSA) is 155 Å². The van der Waals surface area contributed by atoms with Crippen LogP contribution in [-0.2, 0) is 9.53 Å². The summed E-state index contributed by atoms with van der Waals surface area (Å²) in [6.07, 6.45) is 0. The number of nitrogens with zero attached hydrogens (tertiary/aromatic N) is 2. The van der Waals surface area contributed by atoms with Crippen molar-refractivity contribution in [2.75, 3.05) is 11.9 Å². The highest BCUT2D eigenvalue weighted by Gasteiger charge is 2.21. The van der Waals surface area contributed by atoms with Crippen molar-refractivity contribution < 1.29 is 28.6 Å². The molecule has 1 amide bonds. The molecule has 2 rings (SSSR count). The number of nitrogens with one attached hydrogen (secondary N) is 1. The van der Waals surface area contributed by atoms with E-state index in [0.29, 0.717) is 5.56 Å². The summed E-state index contributed by atoms with van der Waals surface area (Å²) in [5.74, 6) is -2.98. The van der Waals surface area contributed by atoms with E-state index in [9.17, 15) is 29.8 Å². The number of benzene rings is 1. The number of nitro groups is 2. The quantitative estimate of drug-likeness (QED) is 0.466. The molecule has 0 aliphatic rings. The number of furan rings is 1. The van der Waals surface area contributed by atoms with Crippen molar-refractivity contribution in [3.8, 4) is 0 Å². The fourth-order valence-electron chi connectivity index (χ4n) is 1.98. The first kappa shape index (κ1) is 18.6. The molecule has 1 aromatic carbocycles. The van der Waals surface area contributed by atoms with Crippen molar-refractivity contribution in [1.29, 1.82) is 0 Å². The summed E-state index contributed by atoms with van der Waals surface area (Å²) in [5.41, 5.74) is 1.08. The molecule has 0 unspecified atom stereocenters. The van der Waals surface area contributed by atoms with Crippen molar-refractivity contribution in [3.05, 3.63) is 61.4 Å². The van der Waals surface area contributed by atoms with E-state index in [4.69, 9.17) is 0 Å². The third kappa shape index (κ3) is 4.20. The molecule has 0 aliphatic heterocycles. The second-order valence-electron chi connectivity index (χ2n) is 5.23. The van der Waals surface area contributed by atoms with Gasteiger partial charge >= 0.3 is 11.9 Å². The highest BCUT2D eigenvalue weighted by atomic mass is 16.7. The first-order valence-corrected chi connectivity index (χ1v) is 7.16. The monoisotopic (exact) mass is 363 g/mol. The Hall–Kier alpha value is -3.76. The molecule has 0 bridgehead atoms. The van der Waals surface area contributed by atoms with E-state index >= 15 is 0 Å². The number of anilines is 1. The first-order valence-electron chi connectivity index (χ1n) is 7.16. The Morgan fingerprint density at radius 1 is 1.12 bits per heavy atom. The zero-order valence-corrected chi connectivity index (χ0v) is 13.7. The molecular weight excluding hydrogens is 350 g/mol. The number of carbonyl (C=O) groups excluding carboxylic acids is 2. The van der Waals surface area contributed by atoms with Crippen LogP contribution in [0.5, 0.6) is 0 Å². The van der Waals surface area contributed by atoms with Gasteiger partial charge in [0, 0.05) is 6.07 Å². The maximum atomic E-state index is 11.9. The second kappa shape index (κ2) is 7.42. The summed E-state index contributed by atoms with van der Waals surface area (Å²) >= 11 is 0. The van der Waals surface area contributed by atoms with Crippen LogP contribution < -0.4 is 5.32 Å². The minimum Gasteiger partial charge on any atom is -0.450 e. The fourth-order valence-corrected chi connectivity index (χ4v) is 1.98. The lowest BCUT2D eigenvalue weighted by atomic mass is 10.1. The predicted octanol–water partition coefficient (Wildman–Crippen LogP) is 2.51. The summed E-state index contributed by atoms with van der Waals surface area (Å²) in [4.78, 5) is 43.7. The molecule has 0 saturated carbocycles. The van der Waals surface area contributed by atoms with E-state index in [2.05, 4.69) is 14.5 Å².